The predicted molar refractivity (Wildman–Crippen MR) is 77.0 cm³/mol. The number of nitrogens with zero attached hydrogens (tertiary/aromatic N) is 1. The van der Waals surface area contributed by atoms with Gasteiger partial charge in [-0.3, -0.25) is 0 Å². The third-order valence-corrected chi connectivity index (χ3v) is 3.80. The molecule has 2 N–H and O–H groups in total. The van der Waals surface area contributed by atoms with Crippen LogP contribution in [0.3, 0.4) is 0 Å². The van der Waals surface area contributed by atoms with E-state index in [0.29, 0.717) is 5.92 Å². The number of fused-ring (bicyclic) bond motifs is 1. The first-order chi connectivity index (χ1) is 8.75. The van der Waals surface area contributed by atoms with Gasteiger partial charge >= 0.3 is 0 Å². The molecule has 0 bridgehead atoms. The average molecular weight is 238 g/mol. The molecule has 0 aliphatic heterocycles. The third kappa shape index (κ3) is 1.84. The molecule has 1 aliphatic carbocycles. The molecule has 0 radical (unpaired) electrons. The summed E-state index contributed by atoms with van der Waals surface area (Å²) in [6.07, 6.45) is 1.19. The van der Waals surface area contributed by atoms with E-state index in [1.165, 1.54) is 17.5 Å². The number of rotatable bonds is 3. The van der Waals surface area contributed by atoms with Gasteiger partial charge in [-0.05, 0) is 29.7 Å². The molecule has 1 unspecified atom stereocenters. The number of nitrogens with two attached hydrogens (primary N) is 1. The van der Waals surface area contributed by atoms with Gasteiger partial charge < -0.3 is 10.6 Å². The van der Waals surface area contributed by atoms with Crippen molar-refractivity contribution in [3.8, 4) is 0 Å². The van der Waals surface area contributed by atoms with Gasteiger partial charge in [0.2, 0.25) is 0 Å². The maximum absolute atomic E-state index is 6.01. The molecule has 2 aromatic rings. The molecule has 2 heteroatoms. The van der Waals surface area contributed by atoms with Crippen molar-refractivity contribution in [1.29, 1.82) is 0 Å². The van der Waals surface area contributed by atoms with Crippen LogP contribution >= 0.6 is 0 Å². The molecule has 0 amide bonds. The lowest BCUT2D eigenvalue weighted by molar-refractivity contribution is 0.601. The van der Waals surface area contributed by atoms with Crippen molar-refractivity contribution in [2.45, 2.75) is 12.3 Å². The molecule has 18 heavy (non-hydrogen) atoms. The van der Waals surface area contributed by atoms with Crippen molar-refractivity contribution in [3.63, 3.8) is 0 Å². The lowest BCUT2D eigenvalue weighted by Gasteiger charge is -2.34. The molecule has 0 heterocycles. The number of para-hydroxylation sites is 2. The van der Waals surface area contributed by atoms with Gasteiger partial charge in [0.1, 0.15) is 0 Å². The molecule has 92 valence electrons. The van der Waals surface area contributed by atoms with E-state index in [-0.39, 0.29) is 0 Å². The van der Waals surface area contributed by atoms with Crippen LogP contribution in [0.25, 0.3) is 0 Å². The maximum Gasteiger partial charge on any atom is 0.0597 e. The van der Waals surface area contributed by atoms with Crippen LogP contribution in [-0.4, -0.2) is 13.6 Å². The Morgan fingerprint density at radius 3 is 2.61 bits per heavy atom. The van der Waals surface area contributed by atoms with Crippen molar-refractivity contribution in [3.05, 3.63) is 59.7 Å². The van der Waals surface area contributed by atoms with Gasteiger partial charge in [0, 0.05) is 19.5 Å². The lowest BCUT2D eigenvalue weighted by atomic mass is 9.77. The molecule has 2 nitrogen and oxygen atoms in total. The highest BCUT2D eigenvalue weighted by Gasteiger charge is 2.26. The molecule has 1 atom stereocenters. The summed E-state index contributed by atoms with van der Waals surface area (Å²) in [5.41, 5.74) is 11.0. The van der Waals surface area contributed by atoms with E-state index in [0.717, 1.165) is 17.9 Å². The Hall–Kier alpha value is -1.96. The average Bonchev–Trinajstić information content (AvgIpc) is 2.36. The lowest BCUT2D eigenvalue weighted by Crippen LogP contribution is -2.31. The van der Waals surface area contributed by atoms with Crippen molar-refractivity contribution in [2.24, 2.45) is 0 Å². The zero-order valence-electron chi connectivity index (χ0n) is 10.6. The predicted octanol–water partition coefficient (Wildman–Crippen LogP) is 3.04. The molecule has 0 saturated carbocycles. The highest BCUT2D eigenvalue weighted by Crippen LogP contribution is 2.36. The third-order valence-electron chi connectivity index (χ3n) is 3.80. The molecule has 0 aromatic heterocycles. The number of nitrogen functional groups attached to an aromatic ring is 1. The van der Waals surface area contributed by atoms with E-state index in [4.69, 9.17) is 5.73 Å². The summed E-state index contributed by atoms with van der Waals surface area (Å²) >= 11 is 0. The largest absolute Gasteiger partial charge is 0.397 e. The Balaban J connectivity index is 1.74. The van der Waals surface area contributed by atoms with Gasteiger partial charge in [0.15, 0.2) is 0 Å². The fourth-order valence-electron chi connectivity index (χ4n) is 2.79. The number of anilines is 2. The second kappa shape index (κ2) is 4.37. The maximum atomic E-state index is 6.01. The highest BCUT2D eigenvalue weighted by molar-refractivity contribution is 5.67. The second-order valence-corrected chi connectivity index (χ2v) is 5.04. The molecular weight excluding hydrogens is 220 g/mol. The van der Waals surface area contributed by atoms with Gasteiger partial charge in [0.05, 0.1) is 11.4 Å². The van der Waals surface area contributed by atoms with Crippen molar-refractivity contribution < 1.29 is 0 Å². The molecule has 2 aromatic carbocycles. The van der Waals surface area contributed by atoms with Gasteiger partial charge in [-0.15, -0.1) is 0 Å². The minimum atomic E-state index is 0.644. The molecule has 3 rings (SSSR count). The van der Waals surface area contributed by atoms with Gasteiger partial charge in [-0.1, -0.05) is 36.4 Å². The standard InChI is InChI=1S/C16H18N2/c1-18(16-9-5-4-8-15(16)17)11-13-10-12-6-2-3-7-14(12)13/h2-9,13H,10-11,17H2,1H3. The minimum absolute atomic E-state index is 0.644. The van der Waals surface area contributed by atoms with Gasteiger partial charge in [-0.25, -0.2) is 0 Å². The van der Waals surface area contributed by atoms with Crippen LogP contribution in [-0.2, 0) is 6.42 Å². The summed E-state index contributed by atoms with van der Waals surface area (Å²) in [5, 5.41) is 0. The van der Waals surface area contributed by atoms with Crippen molar-refractivity contribution in [2.75, 3.05) is 24.2 Å². The van der Waals surface area contributed by atoms with E-state index in [1.807, 2.05) is 18.2 Å². The quantitative estimate of drug-likeness (QED) is 0.833. The summed E-state index contributed by atoms with van der Waals surface area (Å²) in [5.74, 6) is 0.644. The first-order valence-electron chi connectivity index (χ1n) is 6.39. The summed E-state index contributed by atoms with van der Waals surface area (Å²) in [6.45, 7) is 1.03. The Morgan fingerprint density at radius 2 is 1.83 bits per heavy atom. The number of benzene rings is 2. The van der Waals surface area contributed by atoms with E-state index in [9.17, 15) is 0 Å². The Bertz CT molecular complexity index is 563. The van der Waals surface area contributed by atoms with Crippen LogP contribution in [0.1, 0.15) is 17.0 Å². The first kappa shape index (κ1) is 11.1. The molecule has 1 aliphatic rings. The Kier molecular flexibility index (Phi) is 2.71. The topological polar surface area (TPSA) is 29.3 Å². The minimum Gasteiger partial charge on any atom is -0.397 e. The second-order valence-electron chi connectivity index (χ2n) is 5.04. The Labute approximate surface area is 108 Å². The van der Waals surface area contributed by atoms with E-state index in [2.05, 4.69) is 42.3 Å². The van der Waals surface area contributed by atoms with Crippen LogP contribution in [0, 0.1) is 0 Å². The smallest absolute Gasteiger partial charge is 0.0597 e. The number of hydrogen-bond donors (Lipinski definition) is 1. The summed E-state index contributed by atoms with van der Waals surface area (Å²) in [7, 11) is 2.12. The van der Waals surface area contributed by atoms with E-state index in [1.54, 1.807) is 0 Å². The zero-order chi connectivity index (χ0) is 12.5. The normalized spacial score (nSPS) is 16.8. The van der Waals surface area contributed by atoms with Gasteiger partial charge in [-0.2, -0.15) is 0 Å². The van der Waals surface area contributed by atoms with Crippen LogP contribution in [0.5, 0.6) is 0 Å². The molecule has 0 saturated heterocycles. The Morgan fingerprint density at radius 1 is 1.11 bits per heavy atom. The monoisotopic (exact) mass is 238 g/mol. The van der Waals surface area contributed by atoms with E-state index < -0.39 is 0 Å². The summed E-state index contributed by atoms with van der Waals surface area (Å²) in [4.78, 5) is 2.26. The number of hydrogen-bond acceptors (Lipinski definition) is 2. The molecular formula is C16H18N2. The summed E-state index contributed by atoms with van der Waals surface area (Å²) in [6, 6.07) is 16.8. The van der Waals surface area contributed by atoms with Crippen molar-refractivity contribution in [1.82, 2.24) is 0 Å². The SMILES string of the molecule is CN(CC1Cc2ccccc21)c1ccccc1N. The van der Waals surface area contributed by atoms with Crippen LogP contribution in [0.4, 0.5) is 11.4 Å². The van der Waals surface area contributed by atoms with Gasteiger partial charge in [0.25, 0.3) is 0 Å². The fraction of sp³-hybridized carbons (Fsp3) is 0.250. The molecule has 0 spiro atoms. The summed E-state index contributed by atoms with van der Waals surface area (Å²) < 4.78 is 0. The van der Waals surface area contributed by atoms with E-state index >= 15 is 0 Å². The first-order valence-corrected chi connectivity index (χ1v) is 6.39. The number of likely N-dealkylation sites (N-methyl/N-ethyl adjacent to an activating group) is 1. The fourth-order valence-corrected chi connectivity index (χ4v) is 2.79. The van der Waals surface area contributed by atoms with Crippen LogP contribution in [0.15, 0.2) is 48.5 Å². The zero-order valence-corrected chi connectivity index (χ0v) is 10.6. The van der Waals surface area contributed by atoms with Crippen LogP contribution < -0.4 is 10.6 Å². The van der Waals surface area contributed by atoms with Crippen molar-refractivity contribution >= 4 is 11.4 Å². The highest BCUT2D eigenvalue weighted by atomic mass is 15.1. The molecule has 0 fully saturated rings. The van der Waals surface area contributed by atoms with Crippen LogP contribution in [0.2, 0.25) is 0 Å².